The van der Waals surface area contributed by atoms with Gasteiger partial charge in [0.05, 0.1) is 11.5 Å². The van der Waals surface area contributed by atoms with Crippen LogP contribution >= 0.6 is 11.8 Å². The number of allylic oxidation sites excluding steroid dienone is 3. The molecule has 256 valence electrons. The van der Waals surface area contributed by atoms with Gasteiger partial charge in [0.25, 0.3) is 5.91 Å². The molecule has 1 atom stereocenters. The Morgan fingerprint density at radius 2 is 1.83 bits per heavy atom. The van der Waals surface area contributed by atoms with E-state index in [1.165, 1.54) is 19.3 Å². The number of benzene rings is 2. The summed E-state index contributed by atoms with van der Waals surface area (Å²) in [7, 11) is -3.75. The first kappa shape index (κ1) is 36.9. The second kappa shape index (κ2) is 17.0. The average molecular weight is 681 g/mol. The molecular weight excluding hydrogens is 629 g/mol. The monoisotopic (exact) mass is 680 g/mol. The number of amides is 1. The van der Waals surface area contributed by atoms with Crippen LogP contribution in [0.25, 0.3) is 11.1 Å². The van der Waals surface area contributed by atoms with Gasteiger partial charge in [-0.1, -0.05) is 88.4 Å². The summed E-state index contributed by atoms with van der Waals surface area (Å²) in [5.74, 6) is 0.415. The SMILES string of the molecule is CCOC(=O)[C@@H](CCSC)NC(=O)c1ccc(CN(CCC2CCCCC2)S(=O)(=O)C2=CCC(C)(C)C=C2)cc1-c1ccccc1C. The van der Waals surface area contributed by atoms with Crippen molar-refractivity contribution in [2.75, 3.05) is 25.2 Å². The number of thioether (sulfide) groups is 1. The van der Waals surface area contributed by atoms with Crippen LogP contribution in [-0.4, -0.2) is 55.8 Å². The third-order valence-electron chi connectivity index (χ3n) is 9.29. The number of esters is 1. The third-order valence-corrected chi connectivity index (χ3v) is 11.8. The van der Waals surface area contributed by atoms with Crippen molar-refractivity contribution in [3.63, 3.8) is 0 Å². The lowest BCUT2D eigenvalue weighted by molar-refractivity contribution is -0.145. The first-order chi connectivity index (χ1) is 22.4. The van der Waals surface area contributed by atoms with Crippen molar-refractivity contribution >= 4 is 33.7 Å². The number of ether oxygens (including phenoxy) is 1. The second-order valence-corrected chi connectivity index (χ2v) is 16.4. The van der Waals surface area contributed by atoms with Crippen molar-refractivity contribution in [1.29, 1.82) is 0 Å². The van der Waals surface area contributed by atoms with E-state index in [1.807, 2.05) is 61.7 Å². The molecule has 0 saturated heterocycles. The molecule has 0 bridgehead atoms. The highest BCUT2D eigenvalue weighted by atomic mass is 32.2. The molecule has 2 aromatic rings. The Bertz CT molecular complexity index is 1560. The van der Waals surface area contributed by atoms with Crippen LogP contribution in [0.5, 0.6) is 0 Å². The van der Waals surface area contributed by atoms with E-state index in [1.54, 1.807) is 35.1 Å². The van der Waals surface area contributed by atoms with E-state index >= 15 is 0 Å². The van der Waals surface area contributed by atoms with Crippen LogP contribution in [0.3, 0.4) is 0 Å². The van der Waals surface area contributed by atoms with Gasteiger partial charge in [0.2, 0.25) is 10.0 Å². The molecule has 2 aromatic carbocycles. The van der Waals surface area contributed by atoms with Crippen LogP contribution < -0.4 is 5.32 Å². The average Bonchev–Trinajstić information content (AvgIpc) is 3.05. The van der Waals surface area contributed by atoms with E-state index in [4.69, 9.17) is 4.74 Å². The maximum atomic E-state index is 14.2. The number of carbonyl (C=O) groups is 2. The molecule has 0 aromatic heterocycles. The van der Waals surface area contributed by atoms with Crippen molar-refractivity contribution in [3.8, 4) is 11.1 Å². The summed E-state index contributed by atoms with van der Waals surface area (Å²) in [5, 5.41) is 2.92. The third kappa shape index (κ3) is 10.1. The van der Waals surface area contributed by atoms with E-state index in [0.29, 0.717) is 47.1 Å². The minimum atomic E-state index is -3.75. The molecule has 0 spiro atoms. The fraction of sp³-hybridized carbons (Fsp3) is 0.526. The predicted molar refractivity (Wildman–Crippen MR) is 194 cm³/mol. The lowest BCUT2D eigenvalue weighted by atomic mass is 9.86. The number of hydrogen-bond donors (Lipinski definition) is 1. The first-order valence-corrected chi connectivity index (χ1v) is 19.8. The van der Waals surface area contributed by atoms with Gasteiger partial charge in [0, 0.05) is 18.7 Å². The Morgan fingerprint density at radius 1 is 1.09 bits per heavy atom. The van der Waals surface area contributed by atoms with Gasteiger partial charge in [-0.3, -0.25) is 4.79 Å². The number of nitrogens with one attached hydrogen (secondary N) is 1. The number of rotatable bonds is 15. The molecule has 1 N–H and O–H groups in total. The summed E-state index contributed by atoms with van der Waals surface area (Å²) in [5.41, 5.74) is 3.73. The number of hydrogen-bond acceptors (Lipinski definition) is 6. The van der Waals surface area contributed by atoms with Crippen LogP contribution in [0, 0.1) is 18.3 Å². The molecule has 47 heavy (non-hydrogen) atoms. The van der Waals surface area contributed by atoms with Crippen LogP contribution in [-0.2, 0) is 26.1 Å². The highest BCUT2D eigenvalue weighted by Crippen LogP contribution is 2.34. The van der Waals surface area contributed by atoms with Gasteiger partial charge in [0.15, 0.2) is 0 Å². The van der Waals surface area contributed by atoms with Crippen molar-refractivity contribution in [3.05, 3.63) is 82.3 Å². The molecule has 0 unspecified atom stereocenters. The molecule has 1 fully saturated rings. The quantitative estimate of drug-likeness (QED) is 0.192. The summed E-state index contributed by atoms with van der Waals surface area (Å²) in [4.78, 5) is 26.9. The Labute approximate surface area is 286 Å². The minimum absolute atomic E-state index is 0.0769. The Balaban J connectivity index is 1.69. The predicted octanol–water partition coefficient (Wildman–Crippen LogP) is 8.05. The smallest absolute Gasteiger partial charge is 0.328 e. The maximum absolute atomic E-state index is 14.2. The van der Waals surface area contributed by atoms with Gasteiger partial charge >= 0.3 is 5.97 Å². The molecular formula is C38H52N2O5S2. The standard InChI is InChI=1S/C38H52N2O5S2/c1-6-45-37(42)35(21-25-46-5)39-36(41)33-17-16-30(26-34(33)32-15-11-10-12-28(32)2)27-40(24-20-29-13-8-7-9-14-29)47(43,44)31-18-22-38(3,4)23-19-31/h10-12,15-19,22,26,29,35H,6-9,13-14,20-21,23-25,27H2,1-5H3,(H,39,41)/t35-/m1/s1. The molecule has 9 heteroatoms. The van der Waals surface area contributed by atoms with E-state index in [9.17, 15) is 18.0 Å². The van der Waals surface area contributed by atoms with E-state index in [0.717, 1.165) is 36.0 Å². The summed E-state index contributed by atoms with van der Waals surface area (Å²) >= 11 is 1.60. The van der Waals surface area contributed by atoms with Crippen LogP contribution in [0.1, 0.15) is 93.6 Å². The van der Waals surface area contributed by atoms with Crippen LogP contribution in [0.15, 0.2) is 65.6 Å². The molecule has 4 rings (SSSR count). The van der Waals surface area contributed by atoms with Crippen molar-refractivity contribution in [1.82, 2.24) is 9.62 Å². The van der Waals surface area contributed by atoms with Crippen molar-refractivity contribution in [2.24, 2.45) is 11.3 Å². The van der Waals surface area contributed by atoms with Crippen LogP contribution in [0.2, 0.25) is 0 Å². The first-order valence-electron chi connectivity index (χ1n) is 17.0. The highest BCUT2D eigenvalue weighted by molar-refractivity contribution is 7.98. The van der Waals surface area contributed by atoms with Gasteiger partial charge in [-0.25, -0.2) is 13.2 Å². The summed E-state index contributed by atoms with van der Waals surface area (Å²) < 4.78 is 35.2. The summed E-state index contributed by atoms with van der Waals surface area (Å²) in [6.45, 7) is 8.83. The Hall–Kier alpha value is -2.88. The van der Waals surface area contributed by atoms with Gasteiger partial charge in [0.1, 0.15) is 6.04 Å². The Kier molecular flexibility index (Phi) is 13.3. The second-order valence-electron chi connectivity index (χ2n) is 13.5. The minimum Gasteiger partial charge on any atom is -0.464 e. The number of nitrogens with zero attached hydrogens (tertiary/aromatic N) is 1. The topological polar surface area (TPSA) is 92.8 Å². The van der Waals surface area contributed by atoms with Gasteiger partial charge in [-0.2, -0.15) is 16.1 Å². The normalized spacial score (nSPS) is 17.3. The zero-order chi connectivity index (χ0) is 34.0. The largest absolute Gasteiger partial charge is 0.464 e. The van der Waals surface area contributed by atoms with Crippen molar-refractivity contribution in [2.45, 2.75) is 91.6 Å². The summed E-state index contributed by atoms with van der Waals surface area (Å²) in [6, 6.07) is 12.6. The van der Waals surface area contributed by atoms with Crippen LogP contribution in [0.4, 0.5) is 0 Å². The Morgan fingerprint density at radius 3 is 2.49 bits per heavy atom. The molecule has 2 aliphatic rings. The van der Waals surface area contributed by atoms with E-state index in [-0.39, 0.29) is 24.5 Å². The van der Waals surface area contributed by atoms with Crippen molar-refractivity contribution < 1.29 is 22.7 Å². The molecule has 0 heterocycles. The molecule has 0 radical (unpaired) electrons. The molecule has 7 nitrogen and oxygen atoms in total. The molecule has 1 saturated carbocycles. The zero-order valence-electron chi connectivity index (χ0n) is 28.7. The van der Waals surface area contributed by atoms with Gasteiger partial charge < -0.3 is 10.1 Å². The lowest BCUT2D eigenvalue weighted by Gasteiger charge is -2.29. The molecule has 0 aliphatic heterocycles. The fourth-order valence-corrected chi connectivity index (χ4v) is 8.36. The number of sulfonamides is 1. The number of carbonyl (C=O) groups excluding carboxylic acids is 2. The summed E-state index contributed by atoms with van der Waals surface area (Å²) in [6.07, 6.45) is 15.5. The fourth-order valence-electron chi connectivity index (χ4n) is 6.39. The zero-order valence-corrected chi connectivity index (χ0v) is 30.4. The van der Waals surface area contributed by atoms with E-state index in [2.05, 4.69) is 19.2 Å². The maximum Gasteiger partial charge on any atom is 0.328 e. The van der Waals surface area contributed by atoms with Gasteiger partial charge in [-0.15, -0.1) is 0 Å². The number of aryl methyl sites for hydroxylation is 1. The van der Waals surface area contributed by atoms with Gasteiger partial charge in [-0.05, 0) is 96.9 Å². The van der Waals surface area contributed by atoms with E-state index < -0.39 is 22.0 Å². The highest BCUT2D eigenvalue weighted by Gasteiger charge is 2.30. The molecule has 2 aliphatic carbocycles. The molecule has 1 amide bonds. The lowest BCUT2D eigenvalue weighted by Crippen LogP contribution is -2.42.